The predicted molar refractivity (Wildman–Crippen MR) is 120 cm³/mol. The number of nitriles is 3. The standard InChI is InChI=1S/C26H27F3N4O3/c27-26(28,29)34-19-12-10-18(11-13-19)21-23(15-30,16-31)24(17-32)20-9-7-5-3-1-2-4-6-8-14-25(20,35-21)36-22(24)33/h10-13,20-21,33H,1-9,14H2. The molecular formula is C26H27F3N4O3. The van der Waals surface area contributed by atoms with E-state index in [9.17, 15) is 29.0 Å². The second-order valence-electron chi connectivity index (χ2n) is 9.73. The number of rotatable bonds is 2. The van der Waals surface area contributed by atoms with Gasteiger partial charge in [0.2, 0.25) is 17.1 Å². The number of benzene rings is 1. The van der Waals surface area contributed by atoms with E-state index in [1.807, 2.05) is 12.1 Å². The molecule has 2 saturated heterocycles. The highest BCUT2D eigenvalue weighted by molar-refractivity contribution is 5.89. The minimum absolute atomic E-state index is 0.231. The lowest BCUT2D eigenvalue weighted by Crippen LogP contribution is -2.59. The Hall–Kier alpha value is -3.29. The molecule has 1 aliphatic carbocycles. The maximum absolute atomic E-state index is 12.6. The molecule has 1 saturated carbocycles. The average Bonchev–Trinajstić information content (AvgIpc) is 3.01. The first-order valence-corrected chi connectivity index (χ1v) is 12.2. The smallest absolute Gasteiger partial charge is 0.447 e. The largest absolute Gasteiger partial charge is 0.573 e. The molecule has 7 nitrogen and oxygen atoms in total. The Balaban J connectivity index is 1.82. The molecule has 4 atom stereocenters. The highest BCUT2D eigenvalue weighted by atomic mass is 19.4. The predicted octanol–water partition coefficient (Wildman–Crippen LogP) is 6.43. The Morgan fingerprint density at radius 3 is 2.03 bits per heavy atom. The van der Waals surface area contributed by atoms with Crippen molar-refractivity contribution in [2.45, 2.75) is 82.5 Å². The van der Waals surface area contributed by atoms with Crippen LogP contribution in [0.15, 0.2) is 24.3 Å². The van der Waals surface area contributed by atoms with Crippen LogP contribution < -0.4 is 4.74 Å². The van der Waals surface area contributed by atoms with Gasteiger partial charge in [-0.1, -0.05) is 57.1 Å². The molecule has 3 fully saturated rings. The zero-order chi connectivity index (χ0) is 26.0. The summed E-state index contributed by atoms with van der Waals surface area (Å²) in [6, 6.07) is 10.9. The Kier molecular flexibility index (Phi) is 6.90. The van der Waals surface area contributed by atoms with E-state index >= 15 is 0 Å². The minimum Gasteiger partial charge on any atom is -0.447 e. The summed E-state index contributed by atoms with van der Waals surface area (Å²) in [6.07, 6.45) is 2.21. The van der Waals surface area contributed by atoms with Crippen LogP contribution in [0.2, 0.25) is 0 Å². The van der Waals surface area contributed by atoms with Crippen LogP contribution in [0.3, 0.4) is 0 Å². The van der Waals surface area contributed by atoms with E-state index in [4.69, 9.17) is 14.9 Å². The fraction of sp³-hybridized carbons (Fsp3) is 0.615. The number of ether oxygens (including phenoxy) is 3. The van der Waals surface area contributed by atoms with Gasteiger partial charge in [-0.15, -0.1) is 13.2 Å². The molecule has 1 aromatic carbocycles. The van der Waals surface area contributed by atoms with Gasteiger partial charge in [0.05, 0.1) is 24.1 Å². The van der Waals surface area contributed by atoms with Crippen molar-refractivity contribution in [2.75, 3.05) is 0 Å². The van der Waals surface area contributed by atoms with Crippen LogP contribution in [0.4, 0.5) is 13.2 Å². The summed E-state index contributed by atoms with van der Waals surface area (Å²) >= 11 is 0. The summed E-state index contributed by atoms with van der Waals surface area (Å²) in [5.74, 6) is -3.00. The van der Waals surface area contributed by atoms with Crippen molar-refractivity contribution in [3.05, 3.63) is 29.8 Å². The first-order valence-electron chi connectivity index (χ1n) is 12.2. The molecule has 4 rings (SSSR count). The van der Waals surface area contributed by atoms with E-state index in [-0.39, 0.29) is 5.56 Å². The van der Waals surface area contributed by atoms with Crippen molar-refractivity contribution in [1.82, 2.24) is 0 Å². The van der Waals surface area contributed by atoms with Gasteiger partial charge in [0.1, 0.15) is 11.9 Å². The summed E-state index contributed by atoms with van der Waals surface area (Å²) in [5.41, 5.74) is -3.80. The number of hydrogen-bond acceptors (Lipinski definition) is 7. The second kappa shape index (κ2) is 9.64. The normalized spacial score (nSPS) is 32.3. The molecule has 0 radical (unpaired) electrons. The summed E-state index contributed by atoms with van der Waals surface area (Å²) < 4.78 is 54.4. The molecular weight excluding hydrogens is 473 g/mol. The van der Waals surface area contributed by atoms with Crippen LogP contribution in [0.5, 0.6) is 5.75 Å². The van der Waals surface area contributed by atoms with Crippen LogP contribution in [-0.2, 0) is 9.47 Å². The van der Waals surface area contributed by atoms with E-state index < -0.39 is 46.6 Å². The van der Waals surface area contributed by atoms with E-state index in [0.29, 0.717) is 19.3 Å². The Labute approximate surface area is 207 Å². The molecule has 0 amide bonds. The Morgan fingerprint density at radius 1 is 0.889 bits per heavy atom. The lowest BCUT2D eigenvalue weighted by atomic mass is 9.52. The van der Waals surface area contributed by atoms with Gasteiger partial charge in [0, 0.05) is 6.42 Å². The quantitative estimate of drug-likeness (QED) is 0.499. The van der Waals surface area contributed by atoms with Gasteiger partial charge >= 0.3 is 6.36 Å². The summed E-state index contributed by atoms with van der Waals surface area (Å²) in [4.78, 5) is 0. The van der Waals surface area contributed by atoms with Crippen molar-refractivity contribution in [2.24, 2.45) is 16.7 Å². The van der Waals surface area contributed by atoms with Crippen LogP contribution in [0.1, 0.15) is 75.9 Å². The van der Waals surface area contributed by atoms with Gasteiger partial charge in [-0.25, -0.2) is 0 Å². The lowest BCUT2D eigenvalue weighted by Gasteiger charge is -2.50. The number of nitrogens with zero attached hydrogens (tertiary/aromatic N) is 3. The number of alkyl halides is 3. The molecule has 2 bridgehead atoms. The zero-order valence-electron chi connectivity index (χ0n) is 19.7. The van der Waals surface area contributed by atoms with Gasteiger partial charge in [-0.3, -0.25) is 5.41 Å². The van der Waals surface area contributed by atoms with Gasteiger partial charge in [-0.05, 0) is 30.5 Å². The summed E-state index contributed by atoms with van der Waals surface area (Å²) in [6.45, 7) is 0. The first kappa shape index (κ1) is 25.8. The van der Waals surface area contributed by atoms with Crippen molar-refractivity contribution >= 4 is 5.90 Å². The highest BCUT2D eigenvalue weighted by Crippen LogP contribution is 2.68. The van der Waals surface area contributed by atoms with Gasteiger partial charge in [0.25, 0.3) is 0 Å². The Bertz CT molecular complexity index is 1100. The molecule has 0 aromatic heterocycles. The van der Waals surface area contributed by atoms with Crippen LogP contribution in [0, 0.1) is 56.2 Å². The zero-order valence-corrected chi connectivity index (χ0v) is 19.7. The number of hydrogen-bond donors (Lipinski definition) is 1. The van der Waals surface area contributed by atoms with Crippen molar-refractivity contribution in [3.63, 3.8) is 0 Å². The van der Waals surface area contributed by atoms with E-state index in [1.165, 1.54) is 12.1 Å². The molecule has 190 valence electrons. The topological polar surface area (TPSA) is 123 Å². The molecule has 36 heavy (non-hydrogen) atoms. The monoisotopic (exact) mass is 500 g/mol. The third-order valence-corrected chi connectivity index (χ3v) is 7.73. The molecule has 0 spiro atoms. The van der Waals surface area contributed by atoms with Crippen molar-refractivity contribution in [1.29, 1.82) is 21.2 Å². The van der Waals surface area contributed by atoms with Crippen molar-refractivity contribution in [3.8, 4) is 24.0 Å². The third-order valence-electron chi connectivity index (χ3n) is 7.73. The molecule has 4 unspecified atom stereocenters. The van der Waals surface area contributed by atoms with E-state index in [1.54, 1.807) is 0 Å². The fourth-order valence-corrected chi connectivity index (χ4v) is 6.07. The SMILES string of the molecule is N#CC1(C#N)C(c2ccc(OC(F)(F)F)cc2)OC23CCCCCCCCCCC2C1(C#N)C(=N)O3. The molecule has 1 N–H and O–H groups in total. The third kappa shape index (κ3) is 4.06. The number of halogens is 3. The van der Waals surface area contributed by atoms with E-state index in [0.717, 1.165) is 57.1 Å². The molecule has 2 aliphatic heterocycles. The lowest BCUT2D eigenvalue weighted by molar-refractivity contribution is -0.287. The minimum atomic E-state index is -4.88. The molecule has 3 aliphatic rings. The summed E-state index contributed by atoms with van der Waals surface area (Å²) in [5, 5.41) is 40.0. The molecule has 2 heterocycles. The fourth-order valence-electron chi connectivity index (χ4n) is 6.07. The number of nitrogens with one attached hydrogen (secondary N) is 1. The van der Waals surface area contributed by atoms with Crippen LogP contribution >= 0.6 is 0 Å². The van der Waals surface area contributed by atoms with Crippen LogP contribution in [-0.4, -0.2) is 18.0 Å². The van der Waals surface area contributed by atoms with Gasteiger partial charge in [0.15, 0.2) is 5.41 Å². The maximum atomic E-state index is 12.6. The maximum Gasteiger partial charge on any atom is 0.573 e. The highest BCUT2D eigenvalue weighted by Gasteiger charge is 2.79. The second-order valence-corrected chi connectivity index (χ2v) is 9.73. The van der Waals surface area contributed by atoms with Gasteiger partial charge < -0.3 is 14.2 Å². The molecule has 1 aromatic rings. The van der Waals surface area contributed by atoms with Gasteiger partial charge in [-0.2, -0.15) is 15.8 Å². The molecule has 10 heteroatoms. The average molecular weight is 501 g/mol. The Morgan fingerprint density at radius 2 is 1.47 bits per heavy atom. The van der Waals surface area contributed by atoms with Crippen molar-refractivity contribution < 1.29 is 27.4 Å². The van der Waals surface area contributed by atoms with Crippen LogP contribution in [0.25, 0.3) is 0 Å². The first-order chi connectivity index (χ1) is 17.2. The van der Waals surface area contributed by atoms with E-state index in [2.05, 4.69) is 10.8 Å². The summed E-state index contributed by atoms with van der Waals surface area (Å²) in [7, 11) is 0.